The van der Waals surface area contributed by atoms with Gasteiger partial charge in [-0.05, 0) is 36.3 Å². The van der Waals surface area contributed by atoms with E-state index in [1.807, 2.05) is 18.2 Å². The second-order valence-corrected chi connectivity index (χ2v) is 6.91. The first kappa shape index (κ1) is 14.1. The van der Waals surface area contributed by atoms with Crippen LogP contribution in [0.5, 0.6) is 0 Å². The maximum atomic E-state index is 12.6. The molecule has 3 rings (SSSR count). The summed E-state index contributed by atoms with van der Waals surface area (Å²) in [6, 6.07) is 9.06. The molecule has 0 aliphatic heterocycles. The van der Waals surface area contributed by atoms with Gasteiger partial charge in [-0.25, -0.2) is 0 Å². The fraction of sp³-hybridized carbons (Fsp3) is 0.444. The molecule has 1 amide bonds. The summed E-state index contributed by atoms with van der Waals surface area (Å²) in [5.41, 5.74) is 1.10. The number of benzene rings is 1. The molecule has 0 radical (unpaired) electrons. The van der Waals surface area contributed by atoms with E-state index in [9.17, 15) is 9.59 Å². The molecule has 3 heteroatoms. The lowest BCUT2D eigenvalue weighted by atomic mass is 9.70. The first-order valence-corrected chi connectivity index (χ1v) is 7.49. The quantitative estimate of drug-likeness (QED) is 0.846. The van der Waals surface area contributed by atoms with Crippen LogP contribution in [0.25, 0.3) is 0 Å². The molecule has 0 aromatic heterocycles. The minimum atomic E-state index is -0.277. The molecule has 1 aromatic carbocycles. The number of fused-ring (bicyclic) bond motifs is 2. The van der Waals surface area contributed by atoms with E-state index < -0.39 is 0 Å². The lowest BCUT2D eigenvalue weighted by Crippen LogP contribution is -2.32. The van der Waals surface area contributed by atoms with Crippen molar-refractivity contribution in [2.75, 3.05) is 0 Å². The van der Waals surface area contributed by atoms with Gasteiger partial charge in [-0.3, -0.25) is 9.59 Å². The predicted octanol–water partition coefficient (Wildman–Crippen LogP) is 3.33. The fourth-order valence-corrected chi connectivity index (χ4v) is 3.91. The Balaban J connectivity index is 1.83. The second-order valence-electron chi connectivity index (χ2n) is 6.91. The third-order valence-corrected chi connectivity index (χ3v) is 5.76. The number of ketones is 1. The first-order chi connectivity index (χ1) is 9.88. The van der Waals surface area contributed by atoms with Gasteiger partial charge in [0.05, 0.1) is 0 Å². The maximum absolute atomic E-state index is 12.6. The van der Waals surface area contributed by atoms with Gasteiger partial charge in [0.25, 0.3) is 5.91 Å². The Morgan fingerprint density at radius 2 is 1.90 bits per heavy atom. The van der Waals surface area contributed by atoms with E-state index in [0.29, 0.717) is 5.56 Å². The lowest BCUT2D eigenvalue weighted by molar-refractivity contribution is -0.125. The van der Waals surface area contributed by atoms with Crippen LogP contribution in [0.3, 0.4) is 0 Å². The first-order valence-electron chi connectivity index (χ1n) is 7.49. The second kappa shape index (κ2) is 4.55. The van der Waals surface area contributed by atoms with Crippen LogP contribution in [-0.4, -0.2) is 11.7 Å². The molecule has 2 atom stereocenters. The number of carbonyl (C=O) groups is 2. The van der Waals surface area contributed by atoms with E-state index in [2.05, 4.69) is 26.1 Å². The summed E-state index contributed by atoms with van der Waals surface area (Å²) in [4.78, 5) is 24.7. The molecule has 2 bridgehead atoms. The van der Waals surface area contributed by atoms with Gasteiger partial charge < -0.3 is 5.32 Å². The monoisotopic (exact) mass is 283 g/mol. The molecular formula is C18H21NO2. The molecule has 2 aliphatic carbocycles. The van der Waals surface area contributed by atoms with Crippen LogP contribution in [0.2, 0.25) is 0 Å². The van der Waals surface area contributed by atoms with Crippen molar-refractivity contribution in [3.63, 3.8) is 0 Å². The van der Waals surface area contributed by atoms with Crippen LogP contribution in [0, 0.1) is 16.7 Å². The number of hydrogen-bond donors (Lipinski definition) is 1. The van der Waals surface area contributed by atoms with E-state index in [1.165, 1.54) is 0 Å². The Kier molecular flexibility index (Phi) is 3.05. The Morgan fingerprint density at radius 3 is 2.48 bits per heavy atom. The van der Waals surface area contributed by atoms with Crippen LogP contribution in [0.15, 0.2) is 42.1 Å². The molecule has 0 saturated heterocycles. The summed E-state index contributed by atoms with van der Waals surface area (Å²) in [7, 11) is 0. The van der Waals surface area contributed by atoms with Gasteiger partial charge in [0, 0.05) is 22.8 Å². The Morgan fingerprint density at radius 1 is 1.24 bits per heavy atom. The van der Waals surface area contributed by atoms with Crippen LogP contribution < -0.4 is 5.32 Å². The number of amides is 1. The molecule has 0 unspecified atom stereocenters. The normalized spacial score (nSPS) is 31.7. The maximum Gasteiger partial charge on any atom is 0.255 e. The van der Waals surface area contributed by atoms with Crippen molar-refractivity contribution in [1.29, 1.82) is 0 Å². The van der Waals surface area contributed by atoms with Crippen molar-refractivity contribution < 1.29 is 9.59 Å². The molecule has 110 valence electrons. The van der Waals surface area contributed by atoms with Gasteiger partial charge in [0.1, 0.15) is 0 Å². The number of allylic oxidation sites excluding steroid dienone is 1. The van der Waals surface area contributed by atoms with E-state index in [1.54, 1.807) is 18.3 Å². The van der Waals surface area contributed by atoms with Crippen molar-refractivity contribution in [1.82, 2.24) is 5.32 Å². The number of Topliss-reactive ketones (excluding diaryl/α,β-unsaturated/α-hetero) is 1. The summed E-state index contributed by atoms with van der Waals surface area (Å²) in [5, 5.41) is 2.79. The Bertz CT molecular complexity index is 630. The Labute approximate surface area is 125 Å². The van der Waals surface area contributed by atoms with Crippen LogP contribution >= 0.6 is 0 Å². The van der Waals surface area contributed by atoms with Crippen LogP contribution in [-0.2, 0) is 4.79 Å². The van der Waals surface area contributed by atoms with Gasteiger partial charge in [0.15, 0.2) is 5.78 Å². The highest BCUT2D eigenvalue weighted by molar-refractivity contribution is 6.05. The van der Waals surface area contributed by atoms with E-state index >= 15 is 0 Å². The third kappa shape index (κ3) is 1.87. The zero-order valence-corrected chi connectivity index (χ0v) is 12.8. The molecule has 0 heterocycles. The van der Waals surface area contributed by atoms with Gasteiger partial charge >= 0.3 is 0 Å². The van der Waals surface area contributed by atoms with Crippen molar-refractivity contribution in [3.05, 3.63) is 47.7 Å². The largest absolute Gasteiger partial charge is 0.328 e. The minimum absolute atomic E-state index is 0.0204. The highest BCUT2D eigenvalue weighted by atomic mass is 16.1. The van der Waals surface area contributed by atoms with Crippen molar-refractivity contribution in [2.24, 2.45) is 16.7 Å². The van der Waals surface area contributed by atoms with Gasteiger partial charge in [0.2, 0.25) is 0 Å². The van der Waals surface area contributed by atoms with Crippen molar-refractivity contribution >= 4 is 11.7 Å². The molecule has 0 spiro atoms. The number of hydrogen-bond acceptors (Lipinski definition) is 2. The van der Waals surface area contributed by atoms with Crippen molar-refractivity contribution in [2.45, 2.75) is 33.6 Å². The van der Waals surface area contributed by atoms with Gasteiger partial charge in [-0.15, -0.1) is 0 Å². The van der Waals surface area contributed by atoms with Gasteiger partial charge in [-0.2, -0.15) is 0 Å². The van der Waals surface area contributed by atoms with E-state index in [-0.39, 0.29) is 28.4 Å². The van der Waals surface area contributed by atoms with E-state index in [4.69, 9.17) is 0 Å². The standard InChI is InChI=1S/C18H21NO2/c1-17(2)14-9-10-18(17,3)15(20)13(14)11-19-16(21)12-7-5-4-6-8-12/h4-8,11,14H,9-10H2,1-3H3,(H,19,21)/t14-,18-/m1/s1. The van der Waals surface area contributed by atoms with Crippen LogP contribution in [0.1, 0.15) is 44.0 Å². The molecular weight excluding hydrogens is 262 g/mol. The summed E-state index contributed by atoms with van der Waals surface area (Å²) in [6.45, 7) is 6.40. The molecule has 2 saturated carbocycles. The zero-order chi connectivity index (χ0) is 15.3. The molecule has 2 aliphatic rings. The minimum Gasteiger partial charge on any atom is -0.328 e. The third-order valence-electron chi connectivity index (χ3n) is 5.76. The van der Waals surface area contributed by atoms with Crippen molar-refractivity contribution in [3.8, 4) is 0 Å². The van der Waals surface area contributed by atoms with Gasteiger partial charge in [-0.1, -0.05) is 39.0 Å². The number of rotatable bonds is 2. The highest BCUT2D eigenvalue weighted by Crippen LogP contribution is 2.65. The van der Waals surface area contributed by atoms with Crippen LogP contribution in [0.4, 0.5) is 0 Å². The predicted molar refractivity (Wildman–Crippen MR) is 81.6 cm³/mol. The zero-order valence-electron chi connectivity index (χ0n) is 12.8. The molecule has 21 heavy (non-hydrogen) atoms. The fourth-order valence-electron chi connectivity index (χ4n) is 3.91. The molecule has 2 fully saturated rings. The van der Waals surface area contributed by atoms with E-state index in [0.717, 1.165) is 18.4 Å². The summed E-state index contributed by atoms with van der Waals surface area (Å²) in [6.07, 6.45) is 3.63. The average Bonchev–Trinajstić information content (AvgIpc) is 2.78. The molecule has 1 aromatic rings. The average molecular weight is 283 g/mol. The highest BCUT2D eigenvalue weighted by Gasteiger charge is 2.63. The SMILES string of the molecule is CC1(C)[C@@H]2CC[C@]1(C)C(=O)C2=CNC(=O)c1ccccc1. The summed E-state index contributed by atoms with van der Waals surface area (Å²) >= 11 is 0. The smallest absolute Gasteiger partial charge is 0.255 e. The number of carbonyl (C=O) groups excluding carboxylic acids is 2. The lowest BCUT2D eigenvalue weighted by Gasteiger charge is -2.31. The summed E-state index contributed by atoms with van der Waals surface area (Å²) < 4.78 is 0. The topological polar surface area (TPSA) is 46.2 Å². The summed E-state index contributed by atoms with van der Waals surface area (Å²) in [5.74, 6) is 0.296. The number of nitrogens with one attached hydrogen (secondary N) is 1. The molecule has 1 N–H and O–H groups in total. The Hall–Kier alpha value is -1.90. The molecule has 3 nitrogen and oxygen atoms in total.